The second kappa shape index (κ2) is 9.58. The van der Waals surface area contributed by atoms with Crippen LogP contribution in [0.4, 0.5) is 24.5 Å². The molecule has 0 radical (unpaired) electrons. The monoisotopic (exact) mass is 452 g/mol. The summed E-state index contributed by atoms with van der Waals surface area (Å²) in [6.07, 6.45) is -0.472. The molecule has 1 aromatic heterocycles. The van der Waals surface area contributed by atoms with E-state index in [4.69, 9.17) is 0 Å². The maximum absolute atomic E-state index is 12.8. The van der Waals surface area contributed by atoms with Crippen molar-refractivity contribution in [2.75, 3.05) is 38.0 Å². The van der Waals surface area contributed by atoms with Crippen molar-refractivity contribution in [3.8, 4) is 0 Å². The summed E-state index contributed by atoms with van der Waals surface area (Å²) in [7, 11) is 0. The lowest BCUT2D eigenvalue weighted by molar-refractivity contribution is -0.384. The van der Waals surface area contributed by atoms with Gasteiger partial charge in [0.25, 0.3) is 11.6 Å². The molecule has 0 bridgehead atoms. The Hall–Kier alpha value is -3.77. The van der Waals surface area contributed by atoms with Crippen LogP contribution in [0.25, 0.3) is 0 Å². The second-order valence-corrected chi connectivity index (χ2v) is 6.93. The van der Waals surface area contributed by atoms with Crippen LogP contribution < -0.4 is 5.32 Å². The number of rotatable bonds is 6. The topological polar surface area (TPSA) is 122 Å². The first-order chi connectivity index (χ1) is 15.2. The second-order valence-electron chi connectivity index (χ2n) is 6.93. The van der Waals surface area contributed by atoms with Crippen molar-refractivity contribution in [2.24, 2.45) is 0 Å². The maximum atomic E-state index is 12.8. The van der Waals surface area contributed by atoms with Gasteiger partial charge in [0.2, 0.25) is 5.91 Å². The van der Waals surface area contributed by atoms with E-state index in [1.165, 1.54) is 18.6 Å². The van der Waals surface area contributed by atoms with Gasteiger partial charge >= 0.3 is 6.18 Å². The van der Waals surface area contributed by atoms with E-state index in [2.05, 4.69) is 15.3 Å². The molecule has 2 heterocycles. The number of hydrogen-bond donors (Lipinski definition) is 1. The summed E-state index contributed by atoms with van der Waals surface area (Å²) in [4.78, 5) is 45.9. The number of benzene rings is 1. The fourth-order valence-corrected chi connectivity index (χ4v) is 3.20. The number of aromatic nitrogens is 2. The summed E-state index contributed by atoms with van der Waals surface area (Å²) in [6, 6.07) is 2.17. The van der Waals surface area contributed by atoms with Crippen LogP contribution in [0.5, 0.6) is 0 Å². The molecule has 1 aliphatic rings. The normalized spacial score (nSPS) is 14.2. The van der Waals surface area contributed by atoms with Crippen molar-refractivity contribution in [1.29, 1.82) is 0 Å². The van der Waals surface area contributed by atoms with E-state index in [0.717, 1.165) is 12.1 Å². The number of hydrogen-bond acceptors (Lipinski definition) is 7. The van der Waals surface area contributed by atoms with Crippen LogP contribution in [0.3, 0.4) is 0 Å². The van der Waals surface area contributed by atoms with Crippen molar-refractivity contribution in [3.63, 3.8) is 0 Å². The molecule has 0 aliphatic carbocycles. The molecule has 2 amide bonds. The Labute approximate surface area is 180 Å². The number of halogens is 3. The van der Waals surface area contributed by atoms with Crippen LogP contribution in [0.2, 0.25) is 0 Å². The van der Waals surface area contributed by atoms with Gasteiger partial charge in [0.1, 0.15) is 11.4 Å². The number of nitro benzene ring substituents is 1. The van der Waals surface area contributed by atoms with Gasteiger partial charge in [0.05, 0.1) is 16.7 Å². The van der Waals surface area contributed by atoms with Crippen LogP contribution in [-0.4, -0.2) is 69.2 Å². The Balaban J connectivity index is 1.51. The third kappa shape index (κ3) is 5.47. The Morgan fingerprint density at radius 1 is 1.12 bits per heavy atom. The highest BCUT2D eigenvalue weighted by Gasteiger charge is 2.33. The van der Waals surface area contributed by atoms with Gasteiger partial charge in [0.15, 0.2) is 0 Å². The van der Waals surface area contributed by atoms with Gasteiger partial charge < -0.3 is 15.1 Å². The van der Waals surface area contributed by atoms with Crippen LogP contribution in [-0.2, 0) is 11.0 Å². The molecule has 0 unspecified atom stereocenters. The molecule has 0 spiro atoms. The highest BCUT2D eigenvalue weighted by molar-refractivity contribution is 5.92. The van der Waals surface area contributed by atoms with E-state index in [1.807, 2.05) is 0 Å². The number of carbonyl (C=O) groups is 2. The molecule has 32 heavy (non-hydrogen) atoms. The van der Waals surface area contributed by atoms with E-state index in [9.17, 15) is 32.9 Å². The van der Waals surface area contributed by atoms with Gasteiger partial charge in [-0.2, -0.15) is 13.2 Å². The maximum Gasteiger partial charge on any atom is 0.416 e. The Kier molecular flexibility index (Phi) is 6.85. The number of nitrogens with one attached hydrogen (secondary N) is 1. The highest BCUT2D eigenvalue weighted by atomic mass is 19.4. The number of piperazine rings is 1. The summed E-state index contributed by atoms with van der Waals surface area (Å²) in [5, 5.41) is 13.8. The number of alkyl halides is 3. The fourth-order valence-electron chi connectivity index (χ4n) is 3.20. The van der Waals surface area contributed by atoms with Crippen LogP contribution in [0.15, 0.2) is 36.8 Å². The van der Waals surface area contributed by atoms with E-state index in [-0.39, 0.29) is 36.2 Å². The Morgan fingerprint density at radius 2 is 1.81 bits per heavy atom. The quantitative estimate of drug-likeness (QED) is 0.527. The highest BCUT2D eigenvalue weighted by Crippen LogP contribution is 2.34. The lowest BCUT2D eigenvalue weighted by Gasteiger charge is -2.34. The molecular weight excluding hydrogens is 433 g/mol. The lowest BCUT2D eigenvalue weighted by atomic mass is 10.1. The first-order valence-corrected chi connectivity index (χ1v) is 9.59. The minimum absolute atomic E-state index is 0.00376. The average molecular weight is 452 g/mol. The van der Waals surface area contributed by atoms with Crippen LogP contribution >= 0.6 is 0 Å². The molecule has 1 saturated heterocycles. The fraction of sp³-hybridized carbons (Fsp3) is 0.368. The van der Waals surface area contributed by atoms with Crippen molar-refractivity contribution in [2.45, 2.75) is 12.6 Å². The van der Waals surface area contributed by atoms with Crippen molar-refractivity contribution < 1.29 is 27.7 Å². The standard InChI is InChI=1S/C19H19F3N6O4/c20-19(21,22)13-1-2-14(16(11-13)28(31)32)24-4-3-17(29)26-7-9-27(10-8-26)18(30)15-12-23-5-6-25-15/h1-2,5-6,11-12,24H,3-4,7-10H2. The van der Waals surface area contributed by atoms with Gasteiger partial charge in [-0.1, -0.05) is 0 Å². The van der Waals surface area contributed by atoms with Gasteiger partial charge in [-0.25, -0.2) is 4.98 Å². The molecule has 1 aromatic carbocycles. The Bertz CT molecular complexity index is 994. The van der Waals surface area contributed by atoms with Gasteiger partial charge in [-0.3, -0.25) is 24.7 Å². The summed E-state index contributed by atoms with van der Waals surface area (Å²) in [5.74, 6) is -0.514. The summed E-state index contributed by atoms with van der Waals surface area (Å²) in [5.41, 5.74) is -1.73. The zero-order valence-electron chi connectivity index (χ0n) is 16.7. The predicted molar refractivity (Wildman–Crippen MR) is 106 cm³/mol. The summed E-state index contributed by atoms with van der Waals surface area (Å²) >= 11 is 0. The summed E-state index contributed by atoms with van der Waals surface area (Å²) < 4.78 is 38.3. The van der Waals surface area contributed by atoms with Crippen molar-refractivity contribution in [3.05, 3.63) is 58.2 Å². The largest absolute Gasteiger partial charge is 0.416 e. The molecule has 2 aromatic rings. The SMILES string of the molecule is O=C(CCNc1ccc(C(F)(F)F)cc1[N+](=O)[O-])N1CCN(C(=O)c2cnccn2)CC1. The molecular formula is C19H19F3N6O4. The van der Waals surface area contributed by atoms with Crippen LogP contribution in [0, 0.1) is 10.1 Å². The zero-order valence-corrected chi connectivity index (χ0v) is 16.7. The number of nitrogens with zero attached hydrogens (tertiary/aromatic N) is 5. The molecule has 10 nitrogen and oxygen atoms in total. The molecule has 170 valence electrons. The zero-order chi connectivity index (χ0) is 23.3. The molecule has 0 saturated carbocycles. The molecule has 0 atom stereocenters. The first kappa shape index (κ1) is 22.9. The Morgan fingerprint density at radius 3 is 2.41 bits per heavy atom. The van der Waals surface area contributed by atoms with E-state index >= 15 is 0 Å². The number of amides is 2. The molecule has 3 rings (SSSR count). The van der Waals surface area contributed by atoms with E-state index in [0.29, 0.717) is 32.2 Å². The van der Waals surface area contributed by atoms with Crippen LogP contribution in [0.1, 0.15) is 22.5 Å². The lowest BCUT2D eigenvalue weighted by Crippen LogP contribution is -2.51. The predicted octanol–water partition coefficient (Wildman–Crippen LogP) is 2.19. The van der Waals surface area contributed by atoms with Gasteiger partial charge in [0, 0.05) is 57.6 Å². The van der Waals surface area contributed by atoms with Crippen molar-refractivity contribution >= 4 is 23.2 Å². The molecule has 1 aliphatic heterocycles. The smallest absolute Gasteiger partial charge is 0.379 e. The first-order valence-electron chi connectivity index (χ1n) is 9.59. The van der Waals surface area contributed by atoms with E-state index < -0.39 is 22.4 Å². The number of carbonyl (C=O) groups excluding carboxylic acids is 2. The van der Waals surface area contributed by atoms with Crippen molar-refractivity contribution in [1.82, 2.24) is 19.8 Å². The molecule has 1 fully saturated rings. The molecule has 1 N–H and O–H groups in total. The number of nitro groups is 1. The minimum atomic E-state index is -4.70. The van der Waals surface area contributed by atoms with Gasteiger partial charge in [-0.05, 0) is 12.1 Å². The third-order valence-corrected chi connectivity index (χ3v) is 4.88. The third-order valence-electron chi connectivity index (χ3n) is 4.88. The average Bonchev–Trinajstić information content (AvgIpc) is 2.78. The minimum Gasteiger partial charge on any atom is -0.379 e. The van der Waals surface area contributed by atoms with E-state index in [1.54, 1.807) is 9.80 Å². The van der Waals surface area contributed by atoms with Gasteiger partial charge in [-0.15, -0.1) is 0 Å². The molecule has 13 heteroatoms. The number of anilines is 1. The summed E-state index contributed by atoms with van der Waals surface area (Å²) in [6.45, 7) is 1.26.